The Kier molecular flexibility index (Phi) is 7.16. The zero-order valence-electron chi connectivity index (χ0n) is 15.5. The molecular formula is C20H16BrCl2NO4S. The minimum Gasteiger partial charge on any atom is -0.493 e. The molecule has 0 atom stereocenters. The van der Waals surface area contributed by atoms with E-state index < -0.39 is 0 Å². The van der Waals surface area contributed by atoms with Crippen LogP contribution in [0.25, 0.3) is 6.08 Å². The lowest BCUT2D eigenvalue weighted by atomic mass is 10.1. The summed E-state index contributed by atoms with van der Waals surface area (Å²) in [5.74, 6) is 0.679. The van der Waals surface area contributed by atoms with Gasteiger partial charge in [-0.1, -0.05) is 29.3 Å². The number of halogens is 3. The van der Waals surface area contributed by atoms with Gasteiger partial charge >= 0.3 is 0 Å². The summed E-state index contributed by atoms with van der Waals surface area (Å²) >= 11 is 16.5. The number of likely N-dealkylation sites (N-methyl/N-ethyl adjacent to an activating group) is 1. The number of imide groups is 1. The predicted octanol–water partition coefficient (Wildman–Crippen LogP) is 6.40. The van der Waals surface area contributed by atoms with Crippen molar-refractivity contribution in [2.75, 3.05) is 13.7 Å². The first-order valence-electron chi connectivity index (χ1n) is 8.53. The average Bonchev–Trinajstić information content (AvgIpc) is 2.94. The molecule has 0 saturated carbocycles. The molecule has 0 aromatic heterocycles. The van der Waals surface area contributed by atoms with Crippen LogP contribution in [0, 0.1) is 0 Å². The van der Waals surface area contributed by atoms with Crippen molar-refractivity contribution < 1.29 is 19.1 Å². The second-order valence-electron chi connectivity index (χ2n) is 5.98. The minimum absolute atomic E-state index is 0.222. The standard InChI is InChI=1S/C20H16BrCl2NO4S/c1-3-24-19(25)17(29-20(24)26)8-11-6-14(21)18(16(7-11)27-2)28-10-12-4-5-13(22)9-15(12)23/h4-9H,3,10H2,1-2H3/b17-8+. The van der Waals surface area contributed by atoms with Gasteiger partial charge in [-0.15, -0.1) is 0 Å². The lowest BCUT2D eigenvalue weighted by Gasteiger charge is -2.14. The highest BCUT2D eigenvalue weighted by Crippen LogP contribution is 2.39. The van der Waals surface area contributed by atoms with E-state index in [-0.39, 0.29) is 17.8 Å². The topological polar surface area (TPSA) is 55.8 Å². The molecule has 0 spiro atoms. The normalized spacial score (nSPS) is 15.3. The summed E-state index contributed by atoms with van der Waals surface area (Å²) in [7, 11) is 1.53. The van der Waals surface area contributed by atoms with Crippen LogP contribution in [0.4, 0.5) is 4.79 Å². The third-order valence-corrected chi connectivity index (χ3v) is 6.21. The molecule has 0 unspecified atom stereocenters. The molecular weight excluding hydrogens is 501 g/mol. The van der Waals surface area contributed by atoms with E-state index in [1.807, 2.05) is 0 Å². The van der Waals surface area contributed by atoms with E-state index in [4.69, 9.17) is 32.7 Å². The molecule has 2 aromatic rings. The smallest absolute Gasteiger partial charge is 0.293 e. The van der Waals surface area contributed by atoms with E-state index in [1.54, 1.807) is 43.3 Å². The van der Waals surface area contributed by atoms with Crippen LogP contribution in [0.2, 0.25) is 10.0 Å². The Bertz CT molecular complexity index is 1010. The van der Waals surface area contributed by atoms with E-state index in [2.05, 4.69) is 15.9 Å². The van der Waals surface area contributed by atoms with E-state index in [9.17, 15) is 9.59 Å². The highest BCUT2D eigenvalue weighted by molar-refractivity contribution is 9.10. The molecule has 5 nitrogen and oxygen atoms in total. The van der Waals surface area contributed by atoms with Gasteiger partial charge < -0.3 is 9.47 Å². The van der Waals surface area contributed by atoms with Crippen molar-refractivity contribution in [2.45, 2.75) is 13.5 Å². The van der Waals surface area contributed by atoms with Crippen LogP contribution in [0.1, 0.15) is 18.1 Å². The molecule has 152 valence electrons. The molecule has 2 aromatic carbocycles. The molecule has 29 heavy (non-hydrogen) atoms. The second-order valence-corrected chi connectivity index (χ2v) is 8.68. The zero-order chi connectivity index (χ0) is 21.1. The molecule has 1 heterocycles. The summed E-state index contributed by atoms with van der Waals surface area (Å²) in [6.45, 7) is 2.33. The number of carbonyl (C=O) groups is 2. The van der Waals surface area contributed by atoms with Gasteiger partial charge in [0.1, 0.15) is 6.61 Å². The number of hydrogen-bond acceptors (Lipinski definition) is 5. The minimum atomic E-state index is -0.296. The van der Waals surface area contributed by atoms with Gasteiger partial charge in [0.05, 0.1) is 16.5 Å². The third kappa shape index (κ3) is 4.91. The number of carbonyl (C=O) groups excluding carboxylic acids is 2. The molecule has 1 aliphatic heterocycles. The van der Waals surface area contributed by atoms with E-state index >= 15 is 0 Å². The van der Waals surface area contributed by atoms with Gasteiger partial charge in [0, 0.05) is 22.2 Å². The number of benzene rings is 2. The average molecular weight is 517 g/mol. The van der Waals surface area contributed by atoms with Crippen LogP contribution in [0.5, 0.6) is 11.5 Å². The van der Waals surface area contributed by atoms with Gasteiger partial charge in [0.25, 0.3) is 11.1 Å². The largest absolute Gasteiger partial charge is 0.493 e. The highest BCUT2D eigenvalue weighted by atomic mass is 79.9. The molecule has 0 bridgehead atoms. The van der Waals surface area contributed by atoms with E-state index in [1.165, 1.54) is 12.0 Å². The molecule has 1 fully saturated rings. The van der Waals surface area contributed by atoms with Crippen molar-refractivity contribution in [3.05, 3.63) is 60.9 Å². The number of methoxy groups -OCH3 is 1. The molecule has 1 aliphatic rings. The van der Waals surface area contributed by atoms with E-state index in [0.29, 0.717) is 43.0 Å². The Morgan fingerprint density at radius 3 is 2.59 bits per heavy atom. The summed E-state index contributed by atoms with van der Waals surface area (Å²) < 4.78 is 12.0. The van der Waals surface area contributed by atoms with Crippen LogP contribution in [-0.4, -0.2) is 29.7 Å². The number of rotatable bonds is 6. The number of nitrogens with zero attached hydrogens (tertiary/aromatic N) is 1. The first kappa shape index (κ1) is 22.0. The lowest BCUT2D eigenvalue weighted by Crippen LogP contribution is -2.27. The molecule has 0 aliphatic carbocycles. The number of thioether (sulfide) groups is 1. The Morgan fingerprint density at radius 2 is 1.97 bits per heavy atom. The molecule has 1 saturated heterocycles. The van der Waals surface area contributed by atoms with Gasteiger partial charge in [-0.05, 0) is 70.5 Å². The van der Waals surface area contributed by atoms with Crippen molar-refractivity contribution in [3.63, 3.8) is 0 Å². The molecule has 0 N–H and O–H groups in total. The predicted molar refractivity (Wildman–Crippen MR) is 120 cm³/mol. The summed E-state index contributed by atoms with van der Waals surface area (Å²) in [4.78, 5) is 25.8. The fourth-order valence-corrected chi connectivity index (χ4v) is 4.62. The Hall–Kier alpha value is -1.67. The molecule has 3 rings (SSSR count). The van der Waals surface area contributed by atoms with Gasteiger partial charge in [0.15, 0.2) is 11.5 Å². The van der Waals surface area contributed by atoms with Crippen LogP contribution >= 0.6 is 50.9 Å². The SMILES string of the molecule is CCN1C(=O)S/C(=C/c2cc(Br)c(OCc3ccc(Cl)cc3Cl)c(OC)c2)C1=O. The van der Waals surface area contributed by atoms with Gasteiger partial charge in [0.2, 0.25) is 0 Å². The second kappa shape index (κ2) is 9.43. The third-order valence-electron chi connectivity index (χ3n) is 4.13. The first-order chi connectivity index (χ1) is 13.8. The maximum absolute atomic E-state index is 12.3. The quantitative estimate of drug-likeness (QED) is 0.416. The molecule has 0 radical (unpaired) electrons. The first-order valence-corrected chi connectivity index (χ1v) is 10.9. The summed E-state index contributed by atoms with van der Waals surface area (Å²) in [5.41, 5.74) is 1.48. The lowest BCUT2D eigenvalue weighted by molar-refractivity contribution is -0.122. The zero-order valence-corrected chi connectivity index (χ0v) is 19.4. The molecule has 9 heteroatoms. The Balaban J connectivity index is 1.85. The monoisotopic (exact) mass is 515 g/mol. The maximum atomic E-state index is 12.3. The van der Waals surface area contributed by atoms with Crippen molar-refractivity contribution in [1.29, 1.82) is 0 Å². The van der Waals surface area contributed by atoms with E-state index in [0.717, 1.165) is 17.3 Å². The Morgan fingerprint density at radius 1 is 1.21 bits per heavy atom. The van der Waals surface area contributed by atoms with Crippen molar-refractivity contribution >= 4 is 68.1 Å². The summed E-state index contributed by atoms with van der Waals surface area (Å²) in [6, 6.07) is 8.72. The maximum Gasteiger partial charge on any atom is 0.293 e. The van der Waals surface area contributed by atoms with Gasteiger partial charge in [-0.25, -0.2) is 0 Å². The van der Waals surface area contributed by atoms with Gasteiger partial charge in [-0.3, -0.25) is 14.5 Å². The number of hydrogen-bond donors (Lipinski definition) is 0. The number of ether oxygens (including phenoxy) is 2. The molecule has 2 amide bonds. The fourth-order valence-electron chi connectivity index (χ4n) is 2.68. The van der Waals surface area contributed by atoms with Crippen LogP contribution in [0.15, 0.2) is 39.7 Å². The highest BCUT2D eigenvalue weighted by Gasteiger charge is 2.33. The van der Waals surface area contributed by atoms with Crippen LogP contribution in [0.3, 0.4) is 0 Å². The van der Waals surface area contributed by atoms with Crippen LogP contribution in [-0.2, 0) is 11.4 Å². The van der Waals surface area contributed by atoms with Gasteiger partial charge in [-0.2, -0.15) is 0 Å². The summed E-state index contributed by atoms with van der Waals surface area (Å²) in [5, 5.41) is 0.791. The Labute approximate surface area is 191 Å². The van der Waals surface area contributed by atoms with Crippen molar-refractivity contribution in [1.82, 2.24) is 4.90 Å². The van der Waals surface area contributed by atoms with Crippen molar-refractivity contribution in [3.8, 4) is 11.5 Å². The van der Waals surface area contributed by atoms with Crippen LogP contribution < -0.4 is 9.47 Å². The fraction of sp³-hybridized carbons (Fsp3) is 0.200. The summed E-state index contributed by atoms with van der Waals surface area (Å²) in [6.07, 6.45) is 1.66. The number of amides is 2. The van der Waals surface area contributed by atoms with Crippen molar-refractivity contribution in [2.24, 2.45) is 0 Å².